The van der Waals surface area contributed by atoms with E-state index in [-0.39, 0.29) is 47.2 Å². The Hall–Kier alpha value is -4.50. The van der Waals surface area contributed by atoms with Crippen molar-refractivity contribution in [3.63, 3.8) is 0 Å². The number of aromatic nitrogens is 4. The fourth-order valence-electron chi connectivity index (χ4n) is 4.70. The Morgan fingerprint density at radius 3 is 2.57 bits per heavy atom. The molecule has 44 heavy (non-hydrogen) atoms. The molecule has 15 heteroatoms. The minimum Gasteiger partial charge on any atom is -0.478 e. The van der Waals surface area contributed by atoms with Crippen LogP contribution in [0.15, 0.2) is 47.8 Å². The van der Waals surface area contributed by atoms with E-state index in [0.717, 1.165) is 29.2 Å². The molecule has 1 atom stereocenters. The zero-order valence-corrected chi connectivity index (χ0v) is 23.2. The van der Waals surface area contributed by atoms with Gasteiger partial charge in [0.15, 0.2) is 17.3 Å². The van der Waals surface area contributed by atoms with Crippen molar-refractivity contribution in [2.75, 3.05) is 6.61 Å². The summed E-state index contributed by atoms with van der Waals surface area (Å²) >= 11 is 0.733. The van der Waals surface area contributed by atoms with E-state index >= 15 is 13.2 Å². The summed E-state index contributed by atoms with van der Waals surface area (Å²) < 4.78 is 97.2. The number of benzene rings is 2. The zero-order chi connectivity index (χ0) is 31.2. The van der Waals surface area contributed by atoms with Crippen LogP contribution in [-0.2, 0) is 30.5 Å². The number of imidazole rings is 1. The molecule has 1 saturated heterocycles. The number of rotatable bonds is 9. The largest absolute Gasteiger partial charge is 0.478 e. The summed E-state index contributed by atoms with van der Waals surface area (Å²) in [4.78, 5) is 23.5. The zero-order valence-electron chi connectivity index (χ0n) is 22.4. The van der Waals surface area contributed by atoms with Crippen LogP contribution in [0, 0.1) is 17.5 Å². The van der Waals surface area contributed by atoms with Crippen LogP contribution in [-0.4, -0.2) is 43.3 Å². The standard InChI is InChI=1S/C29H20F6N4O4S/c30-18-9-17(19-2-1-3-24(37-19)43-12-25-38-22(13-44-25)29(33,34)35)27(32)26(31)16(18)10-23-36-20-5-4-14(28(40)41)8-21(20)39(23)11-15-6-7-42-15/h1-5,8-9,13,15H,6-7,10-12H2,(H,40,41)/t15-/m0/s1. The average Bonchev–Trinajstić information content (AvgIpc) is 3.58. The first-order valence-corrected chi connectivity index (χ1v) is 14.0. The second-order valence-corrected chi connectivity index (χ2v) is 10.8. The number of carboxylic acids is 1. The van der Waals surface area contributed by atoms with E-state index in [1.807, 2.05) is 0 Å². The molecule has 0 unspecified atom stereocenters. The van der Waals surface area contributed by atoms with Gasteiger partial charge in [-0.1, -0.05) is 6.07 Å². The molecule has 0 radical (unpaired) electrons. The maximum atomic E-state index is 15.4. The Labute approximate surface area is 248 Å². The summed E-state index contributed by atoms with van der Waals surface area (Å²) in [7, 11) is 0. The number of fused-ring (bicyclic) bond motifs is 1. The molecule has 2 aromatic carbocycles. The smallest absolute Gasteiger partial charge is 0.434 e. The van der Waals surface area contributed by atoms with Gasteiger partial charge in [-0.05, 0) is 36.8 Å². The van der Waals surface area contributed by atoms with Crippen LogP contribution in [0.25, 0.3) is 22.3 Å². The summed E-state index contributed by atoms with van der Waals surface area (Å²) in [5, 5.41) is 10.3. The van der Waals surface area contributed by atoms with Gasteiger partial charge in [-0.15, -0.1) is 11.3 Å². The van der Waals surface area contributed by atoms with E-state index in [2.05, 4.69) is 15.0 Å². The summed E-state index contributed by atoms with van der Waals surface area (Å²) in [6.45, 7) is 0.448. The van der Waals surface area contributed by atoms with Gasteiger partial charge in [-0.3, -0.25) is 0 Å². The van der Waals surface area contributed by atoms with Gasteiger partial charge in [0.1, 0.15) is 23.3 Å². The normalized spacial score (nSPS) is 15.0. The molecule has 1 N–H and O–H groups in total. The van der Waals surface area contributed by atoms with Crippen molar-refractivity contribution in [1.29, 1.82) is 0 Å². The number of carbonyl (C=O) groups is 1. The molecule has 0 spiro atoms. The molecule has 0 saturated carbocycles. The minimum atomic E-state index is -4.60. The fourth-order valence-corrected chi connectivity index (χ4v) is 5.42. The molecule has 0 bridgehead atoms. The molecule has 1 aliphatic heterocycles. The molecular formula is C29H20F6N4O4S. The highest BCUT2D eigenvalue weighted by atomic mass is 32.1. The van der Waals surface area contributed by atoms with Gasteiger partial charge in [-0.25, -0.2) is 32.9 Å². The molecule has 6 rings (SSSR count). The van der Waals surface area contributed by atoms with E-state index in [1.54, 1.807) is 4.57 Å². The quantitative estimate of drug-likeness (QED) is 0.143. The number of hydrogen-bond acceptors (Lipinski definition) is 7. The van der Waals surface area contributed by atoms with Crippen molar-refractivity contribution in [3.05, 3.63) is 92.9 Å². The van der Waals surface area contributed by atoms with Gasteiger partial charge in [0, 0.05) is 35.6 Å². The number of aromatic carboxylic acids is 1. The molecule has 0 aliphatic carbocycles. The van der Waals surface area contributed by atoms with Gasteiger partial charge in [0.05, 0.1) is 34.9 Å². The van der Waals surface area contributed by atoms with Crippen LogP contribution >= 0.6 is 11.3 Å². The highest BCUT2D eigenvalue weighted by Gasteiger charge is 2.33. The van der Waals surface area contributed by atoms with Gasteiger partial charge < -0.3 is 19.1 Å². The number of carboxylic acid groups (broad SMARTS) is 1. The lowest BCUT2D eigenvalue weighted by Gasteiger charge is -2.27. The number of ether oxygens (including phenoxy) is 2. The monoisotopic (exact) mass is 634 g/mol. The SMILES string of the molecule is O=C(O)c1ccc2nc(Cc3c(F)cc(-c4cccc(OCc5nc(C(F)(F)F)cs5)n4)c(F)c3F)n(C[C@@H]3CCO3)c2c1. The molecule has 5 aromatic rings. The average molecular weight is 635 g/mol. The van der Waals surface area contributed by atoms with E-state index in [0.29, 0.717) is 17.6 Å². The number of halogens is 6. The predicted molar refractivity (Wildman–Crippen MR) is 145 cm³/mol. The number of alkyl halides is 3. The predicted octanol–water partition coefficient (Wildman–Crippen LogP) is 6.65. The topological polar surface area (TPSA) is 99.4 Å². The Morgan fingerprint density at radius 2 is 1.89 bits per heavy atom. The van der Waals surface area contributed by atoms with Crippen molar-refractivity contribution < 1.29 is 45.7 Å². The van der Waals surface area contributed by atoms with Crippen LogP contribution in [0.1, 0.15) is 38.9 Å². The van der Waals surface area contributed by atoms with Crippen LogP contribution in [0.3, 0.4) is 0 Å². The Morgan fingerprint density at radius 1 is 1.09 bits per heavy atom. The second kappa shape index (κ2) is 11.5. The first kappa shape index (κ1) is 29.6. The highest BCUT2D eigenvalue weighted by Crippen LogP contribution is 2.32. The number of hydrogen-bond donors (Lipinski definition) is 1. The lowest BCUT2D eigenvalue weighted by atomic mass is 10.0. The summed E-state index contributed by atoms with van der Waals surface area (Å²) in [6.07, 6.45) is -4.51. The van der Waals surface area contributed by atoms with Crippen molar-refractivity contribution in [1.82, 2.24) is 19.5 Å². The van der Waals surface area contributed by atoms with E-state index in [4.69, 9.17) is 9.47 Å². The van der Waals surface area contributed by atoms with Crippen molar-refractivity contribution in [2.24, 2.45) is 0 Å². The van der Waals surface area contributed by atoms with E-state index < -0.39 is 52.8 Å². The summed E-state index contributed by atoms with van der Waals surface area (Å²) in [5.41, 5.74) is -1.48. The van der Waals surface area contributed by atoms with Gasteiger partial charge in [0.25, 0.3) is 0 Å². The third-order valence-corrected chi connectivity index (χ3v) is 7.85. The third-order valence-electron chi connectivity index (χ3n) is 7.03. The lowest BCUT2D eigenvalue weighted by Crippen LogP contribution is -2.31. The summed E-state index contributed by atoms with van der Waals surface area (Å²) in [6, 6.07) is 9.10. The van der Waals surface area contributed by atoms with Crippen molar-refractivity contribution in [2.45, 2.75) is 38.3 Å². The molecule has 0 amide bonds. The number of pyridine rings is 1. The van der Waals surface area contributed by atoms with Crippen molar-refractivity contribution in [3.8, 4) is 17.1 Å². The fraction of sp³-hybridized carbons (Fsp3) is 0.241. The van der Waals surface area contributed by atoms with Gasteiger partial charge in [0.2, 0.25) is 5.88 Å². The maximum absolute atomic E-state index is 15.4. The molecule has 3 aromatic heterocycles. The molecule has 1 fully saturated rings. The summed E-state index contributed by atoms with van der Waals surface area (Å²) in [5.74, 6) is -4.99. The first-order valence-electron chi connectivity index (χ1n) is 13.1. The molecule has 8 nitrogen and oxygen atoms in total. The first-order chi connectivity index (χ1) is 21.0. The maximum Gasteiger partial charge on any atom is 0.434 e. The number of nitrogens with zero attached hydrogens (tertiary/aromatic N) is 4. The lowest BCUT2D eigenvalue weighted by molar-refractivity contribution is -0.140. The third kappa shape index (κ3) is 5.84. The van der Waals surface area contributed by atoms with Crippen LogP contribution in [0.2, 0.25) is 0 Å². The van der Waals surface area contributed by atoms with Crippen molar-refractivity contribution >= 4 is 28.3 Å². The minimum absolute atomic E-state index is 0.00362. The van der Waals surface area contributed by atoms with Crippen LogP contribution in [0.4, 0.5) is 26.3 Å². The van der Waals surface area contributed by atoms with E-state index in [9.17, 15) is 23.1 Å². The highest BCUT2D eigenvalue weighted by molar-refractivity contribution is 7.09. The Bertz CT molecular complexity index is 1890. The van der Waals surface area contributed by atoms with Gasteiger partial charge >= 0.3 is 12.1 Å². The van der Waals surface area contributed by atoms with Crippen LogP contribution in [0.5, 0.6) is 5.88 Å². The molecular weight excluding hydrogens is 614 g/mol. The van der Waals surface area contributed by atoms with Gasteiger partial charge in [-0.2, -0.15) is 13.2 Å². The Kier molecular flexibility index (Phi) is 7.75. The molecule has 1 aliphatic rings. The molecule has 228 valence electrons. The second-order valence-electron chi connectivity index (χ2n) is 9.89. The van der Waals surface area contributed by atoms with E-state index in [1.165, 1.54) is 36.4 Å². The number of thiazole rings is 1. The van der Waals surface area contributed by atoms with Crippen LogP contribution < -0.4 is 4.74 Å². The Balaban J connectivity index is 1.28. The molecule has 4 heterocycles.